The Hall–Kier alpha value is -1.97. The van der Waals surface area contributed by atoms with Crippen molar-refractivity contribution >= 4 is 17.5 Å². The van der Waals surface area contributed by atoms with Crippen molar-refractivity contribution in [1.82, 2.24) is 0 Å². The summed E-state index contributed by atoms with van der Waals surface area (Å²) in [4.78, 5) is 35.6. The molecular weight excluding hydrogens is 328 g/mol. The molecule has 4 atom stereocenters. The minimum absolute atomic E-state index is 0.112. The molecule has 3 aliphatic carbocycles. The van der Waals surface area contributed by atoms with Crippen LogP contribution in [0.3, 0.4) is 0 Å². The molecule has 3 aliphatic rings. The molecule has 3 fully saturated rings. The molecule has 0 aromatic rings. The van der Waals surface area contributed by atoms with Crippen LogP contribution in [-0.4, -0.2) is 22.6 Å². The van der Waals surface area contributed by atoms with Gasteiger partial charge in [-0.3, -0.25) is 9.59 Å². The lowest BCUT2D eigenvalue weighted by atomic mass is 9.55. The fourth-order valence-electron chi connectivity index (χ4n) is 5.57. The second-order valence-electron chi connectivity index (χ2n) is 8.47. The first-order chi connectivity index (χ1) is 12.2. The summed E-state index contributed by atoms with van der Waals surface area (Å²) in [5.41, 5.74) is 2.03. The average molecular weight is 356 g/mol. The molecule has 0 aliphatic heterocycles. The number of allylic oxidation sites excluding steroid dienone is 5. The number of rotatable bonds is 3. The van der Waals surface area contributed by atoms with Gasteiger partial charge in [0.05, 0.1) is 0 Å². The molecule has 4 heteroatoms. The Labute approximate surface area is 155 Å². The van der Waals surface area contributed by atoms with Crippen LogP contribution in [0.1, 0.15) is 59.3 Å². The van der Waals surface area contributed by atoms with Crippen molar-refractivity contribution in [3.8, 4) is 0 Å². The zero-order valence-electron chi connectivity index (χ0n) is 15.9. The highest BCUT2D eigenvalue weighted by atomic mass is 16.4. The molecule has 0 saturated heterocycles. The van der Waals surface area contributed by atoms with Gasteiger partial charge >= 0.3 is 5.97 Å². The molecular formula is C22H28O4. The Kier molecular flexibility index (Phi) is 5.05. The van der Waals surface area contributed by atoms with Crippen LogP contribution >= 0.6 is 0 Å². The number of aliphatic carboxylic acids is 1. The van der Waals surface area contributed by atoms with Gasteiger partial charge in [0.1, 0.15) is 5.78 Å². The Bertz CT molecular complexity index is 739. The maximum atomic E-state index is 12.9. The van der Waals surface area contributed by atoms with Crippen molar-refractivity contribution in [2.45, 2.75) is 59.3 Å². The highest BCUT2D eigenvalue weighted by molar-refractivity contribution is 6.00. The smallest absolute Gasteiger partial charge is 0.331 e. The molecule has 0 spiro atoms. The number of carbonyl (C=O) groups is 3. The maximum Gasteiger partial charge on any atom is 0.331 e. The summed E-state index contributed by atoms with van der Waals surface area (Å²) in [6.07, 6.45) is 10.0. The number of hydrogen-bond acceptors (Lipinski definition) is 3. The summed E-state index contributed by atoms with van der Waals surface area (Å²) < 4.78 is 0. The highest BCUT2D eigenvalue weighted by Gasteiger charge is 2.55. The molecule has 3 saturated carbocycles. The minimum atomic E-state index is -0.936. The van der Waals surface area contributed by atoms with Crippen LogP contribution in [0, 0.1) is 23.2 Å². The summed E-state index contributed by atoms with van der Waals surface area (Å²) in [5, 5.41) is 8.93. The Morgan fingerprint density at radius 3 is 2.62 bits per heavy atom. The monoisotopic (exact) mass is 356 g/mol. The first-order valence-electron chi connectivity index (χ1n) is 9.58. The number of carboxylic acids is 1. The van der Waals surface area contributed by atoms with Gasteiger partial charge < -0.3 is 5.11 Å². The van der Waals surface area contributed by atoms with Crippen LogP contribution in [0.5, 0.6) is 0 Å². The molecule has 0 heterocycles. The number of fused-ring (bicyclic) bond motifs is 3. The number of Topliss-reactive ketones (excluding diaryl/α,β-unsaturated/α-hetero) is 2. The minimum Gasteiger partial charge on any atom is -0.478 e. The van der Waals surface area contributed by atoms with E-state index in [9.17, 15) is 14.4 Å². The summed E-state index contributed by atoms with van der Waals surface area (Å²) in [6.45, 7) is 5.73. The van der Waals surface area contributed by atoms with E-state index in [1.165, 1.54) is 0 Å². The lowest BCUT2D eigenvalue weighted by Crippen LogP contribution is -2.42. The Balaban J connectivity index is 1.89. The zero-order valence-corrected chi connectivity index (χ0v) is 15.9. The van der Waals surface area contributed by atoms with Gasteiger partial charge in [0.25, 0.3) is 0 Å². The van der Waals surface area contributed by atoms with E-state index < -0.39 is 5.97 Å². The number of ketones is 2. The van der Waals surface area contributed by atoms with Gasteiger partial charge in [0.2, 0.25) is 0 Å². The zero-order chi connectivity index (χ0) is 19.1. The van der Waals surface area contributed by atoms with Gasteiger partial charge in [-0.1, -0.05) is 25.2 Å². The van der Waals surface area contributed by atoms with Crippen molar-refractivity contribution < 1.29 is 19.5 Å². The summed E-state index contributed by atoms with van der Waals surface area (Å²) >= 11 is 0. The van der Waals surface area contributed by atoms with Crippen molar-refractivity contribution in [2.24, 2.45) is 23.2 Å². The van der Waals surface area contributed by atoms with Crippen LogP contribution in [0.4, 0.5) is 0 Å². The van der Waals surface area contributed by atoms with Crippen LogP contribution in [0.2, 0.25) is 0 Å². The fraction of sp³-hybridized carbons (Fsp3) is 0.591. The maximum absolute atomic E-state index is 12.9. The van der Waals surface area contributed by atoms with Gasteiger partial charge in [0.15, 0.2) is 5.78 Å². The largest absolute Gasteiger partial charge is 0.478 e. The second-order valence-corrected chi connectivity index (χ2v) is 8.47. The van der Waals surface area contributed by atoms with Gasteiger partial charge in [0, 0.05) is 30.4 Å². The lowest BCUT2D eigenvalue weighted by Gasteiger charge is -2.48. The van der Waals surface area contributed by atoms with Crippen molar-refractivity contribution in [2.75, 3.05) is 0 Å². The molecule has 0 bridgehead atoms. The third-order valence-corrected chi connectivity index (χ3v) is 6.90. The molecule has 26 heavy (non-hydrogen) atoms. The molecule has 1 N–H and O–H groups in total. The summed E-state index contributed by atoms with van der Waals surface area (Å²) in [7, 11) is 0. The fourth-order valence-corrected chi connectivity index (χ4v) is 5.57. The predicted molar refractivity (Wildman–Crippen MR) is 99.5 cm³/mol. The van der Waals surface area contributed by atoms with Gasteiger partial charge in [-0.15, -0.1) is 0 Å². The van der Waals surface area contributed by atoms with Crippen molar-refractivity contribution in [3.05, 3.63) is 34.9 Å². The Morgan fingerprint density at radius 2 is 1.92 bits per heavy atom. The first kappa shape index (κ1) is 18.8. The quantitative estimate of drug-likeness (QED) is 0.606. The van der Waals surface area contributed by atoms with E-state index in [-0.39, 0.29) is 16.8 Å². The number of carboxylic acid groups (broad SMARTS) is 1. The van der Waals surface area contributed by atoms with E-state index in [0.29, 0.717) is 42.8 Å². The third-order valence-electron chi connectivity index (χ3n) is 6.90. The highest BCUT2D eigenvalue weighted by Crippen LogP contribution is 2.60. The van der Waals surface area contributed by atoms with E-state index in [0.717, 1.165) is 30.4 Å². The molecule has 0 radical (unpaired) electrons. The molecule has 0 unspecified atom stereocenters. The predicted octanol–water partition coefficient (Wildman–Crippen LogP) is 4.26. The third kappa shape index (κ3) is 3.22. The topological polar surface area (TPSA) is 71.4 Å². The number of carbonyl (C=O) groups excluding carboxylic acids is 2. The van der Waals surface area contributed by atoms with Gasteiger partial charge in [-0.05, 0) is 61.9 Å². The lowest BCUT2D eigenvalue weighted by molar-refractivity contribution is -0.132. The SMILES string of the molecule is CC(/C=C/C=C(\C)C(=O)O)=C1/C(=O)C[C@H]2[C@H]3CCC(=O)C[C@@H]3CC[C@]12C. The second kappa shape index (κ2) is 6.98. The standard InChI is InChI=1S/C22H28O4/c1-13(5-4-6-14(2)21(25)26)20-19(24)12-18-17-8-7-16(23)11-15(17)9-10-22(18,20)3/h4-6,15,17-18H,7-12H2,1-3H3,(H,25,26)/b5-4+,14-6+,20-13+/t15-,17-,18-,22-/m0/s1. The molecule has 0 aromatic carbocycles. The Morgan fingerprint density at radius 1 is 1.19 bits per heavy atom. The van der Waals surface area contributed by atoms with Crippen LogP contribution in [-0.2, 0) is 14.4 Å². The van der Waals surface area contributed by atoms with E-state index >= 15 is 0 Å². The van der Waals surface area contributed by atoms with Crippen molar-refractivity contribution in [1.29, 1.82) is 0 Å². The molecule has 0 aromatic heterocycles. The number of hydrogen-bond donors (Lipinski definition) is 1. The van der Waals surface area contributed by atoms with E-state index in [4.69, 9.17) is 5.11 Å². The van der Waals surface area contributed by atoms with Crippen LogP contribution in [0.25, 0.3) is 0 Å². The van der Waals surface area contributed by atoms with Crippen LogP contribution < -0.4 is 0 Å². The molecule has 3 rings (SSSR count). The molecule has 4 nitrogen and oxygen atoms in total. The first-order valence-corrected chi connectivity index (χ1v) is 9.58. The average Bonchev–Trinajstić information content (AvgIpc) is 2.85. The summed E-state index contributed by atoms with van der Waals surface area (Å²) in [6, 6.07) is 0. The van der Waals surface area contributed by atoms with E-state index in [2.05, 4.69) is 6.92 Å². The van der Waals surface area contributed by atoms with Gasteiger partial charge in [-0.2, -0.15) is 0 Å². The summed E-state index contributed by atoms with van der Waals surface area (Å²) in [5.74, 6) is 0.966. The normalized spacial score (nSPS) is 36.9. The van der Waals surface area contributed by atoms with Crippen molar-refractivity contribution in [3.63, 3.8) is 0 Å². The van der Waals surface area contributed by atoms with E-state index in [1.807, 2.05) is 13.0 Å². The van der Waals surface area contributed by atoms with E-state index in [1.54, 1.807) is 19.1 Å². The molecule has 0 amide bonds. The van der Waals surface area contributed by atoms with Gasteiger partial charge in [-0.25, -0.2) is 4.79 Å². The van der Waals surface area contributed by atoms with Crippen LogP contribution in [0.15, 0.2) is 34.9 Å². The molecule has 140 valence electrons.